The molecule has 252 valence electrons. The van der Waals surface area contributed by atoms with E-state index in [0.717, 1.165) is 92.9 Å². The van der Waals surface area contributed by atoms with E-state index >= 15 is 0 Å². The summed E-state index contributed by atoms with van der Waals surface area (Å²) in [6, 6.07) is 9.11. The number of pyridine rings is 1. The molecule has 0 radical (unpaired) electrons. The zero-order valence-corrected chi connectivity index (χ0v) is 29.1. The number of anilines is 2. The lowest BCUT2D eigenvalue weighted by molar-refractivity contribution is -0.139. The Morgan fingerprint density at radius 3 is 2.57 bits per heavy atom. The largest absolute Gasteiger partial charge is 0.480 e. The van der Waals surface area contributed by atoms with Crippen molar-refractivity contribution in [2.24, 2.45) is 11.3 Å². The van der Waals surface area contributed by atoms with Crippen LogP contribution < -0.4 is 15.5 Å². The Labute approximate surface area is 277 Å². The minimum absolute atomic E-state index is 0.257. The number of nitrogens with zero attached hydrogens (tertiary/aromatic N) is 3. The third kappa shape index (κ3) is 9.81. The molecule has 2 aromatic rings. The van der Waals surface area contributed by atoms with E-state index in [4.69, 9.17) is 4.98 Å². The van der Waals surface area contributed by atoms with Crippen molar-refractivity contribution in [3.8, 4) is 0 Å². The highest BCUT2D eigenvalue weighted by Gasteiger charge is 2.43. The highest BCUT2D eigenvalue weighted by Crippen LogP contribution is 2.50. The van der Waals surface area contributed by atoms with Crippen LogP contribution in [0.4, 0.5) is 11.5 Å². The molecule has 1 saturated carbocycles. The van der Waals surface area contributed by atoms with Crippen LogP contribution >= 0.6 is 0 Å². The van der Waals surface area contributed by atoms with Gasteiger partial charge in [0.2, 0.25) is 0 Å². The average Bonchev–Trinajstić information content (AvgIpc) is 3.82. The van der Waals surface area contributed by atoms with Crippen molar-refractivity contribution in [1.29, 1.82) is 0 Å². The maximum Gasteiger partial charge on any atom is 0.326 e. The predicted octanol–water partition coefficient (Wildman–Crippen LogP) is 7.04. The van der Waals surface area contributed by atoms with Crippen LogP contribution in [0.5, 0.6) is 0 Å². The number of aromatic nitrogens is 1. The van der Waals surface area contributed by atoms with Gasteiger partial charge >= 0.3 is 5.97 Å². The Bertz CT molecular complexity index is 1370. The molecule has 1 aliphatic carbocycles. The molecule has 1 aromatic carbocycles. The summed E-state index contributed by atoms with van der Waals surface area (Å²) < 4.78 is 0. The fourth-order valence-corrected chi connectivity index (χ4v) is 6.36. The van der Waals surface area contributed by atoms with Crippen LogP contribution in [-0.4, -0.2) is 73.2 Å². The molecule has 2 atom stereocenters. The van der Waals surface area contributed by atoms with Gasteiger partial charge in [0.1, 0.15) is 11.9 Å². The zero-order chi connectivity index (χ0) is 33.3. The Hall–Kier alpha value is -3.39. The van der Waals surface area contributed by atoms with Gasteiger partial charge in [0, 0.05) is 56.2 Å². The molecule has 2 aliphatic rings. The number of benzene rings is 1. The summed E-state index contributed by atoms with van der Waals surface area (Å²) in [7, 11) is 3.91. The Morgan fingerprint density at radius 2 is 1.89 bits per heavy atom. The molecule has 0 spiro atoms. The molecule has 0 saturated heterocycles. The highest BCUT2D eigenvalue weighted by molar-refractivity contribution is 6.01. The van der Waals surface area contributed by atoms with Gasteiger partial charge in [0.15, 0.2) is 0 Å². The average molecular weight is 632 g/mol. The van der Waals surface area contributed by atoms with Crippen LogP contribution in [0, 0.1) is 11.3 Å². The molecule has 1 aliphatic heterocycles. The maximum absolute atomic E-state index is 13.6. The van der Waals surface area contributed by atoms with Crippen molar-refractivity contribution in [1.82, 2.24) is 15.2 Å². The second-order valence-electron chi connectivity index (χ2n) is 14.0. The van der Waals surface area contributed by atoms with Gasteiger partial charge in [-0.1, -0.05) is 51.0 Å². The van der Waals surface area contributed by atoms with Crippen molar-refractivity contribution in [2.75, 3.05) is 50.5 Å². The number of hydrogen-bond acceptors (Lipinski definition) is 6. The van der Waals surface area contributed by atoms with Gasteiger partial charge in [-0.15, -0.1) is 0 Å². The van der Waals surface area contributed by atoms with Gasteiger partial charge < -0.3 is 25.5 Å². The molecule has 8 nitrogen and oxygen atoms in total. The first kappa shape index (κ1) is 35.5. The number of aryl methyl sites for hydroxylation is 2. The normalized spacial score (nSPS) is 16.7. The van der Waals surface area contributed by atoms with Gasteiger partial charge in [-0.05, 0) is 106 Å². The van der Waals surface area contributed by atoms with Crippen molar-refractivity contribution in [3.63, 3.8) is 0 Å². The summed E-state index contributed by atoms with van der Waals surface area (Å²) in [6.45, 7) is 12.2. The SMILES string of the molecule is CCC(C)=Cc1c(C(=O)NC(CCN(CCC(C)CC)CC2(CCc3ccc4c(n3)NCCC4)CC2)C(=O)O)cccc1N(C)C. The third-order valence-electron chi connectivity index (χ3n) is 10.1. The molecule has 8 heteroatoms. The van der Waals surface area contributed by atoms with E-state index in [2.05, 4.69) is 55.4 Å². The lowest BCUT2D eigenvalue weighted by Gasteiger charge is -2.30. The standard InChI is InChI=1S/C38H57N5O3/c1-7-27(3)17-23-43(26-38(20-21-38)19-16-30-15-14-29-11-10-22-39-35(29)40-30)24-18-33(37(45)46)41-36(44)31-12-9-13-34(42(5)6)32(31)25-28(4)8-2/h9,12-15,25,27,33H,7-8,10-11,16-24,26H2,1-6H3,(H,39,40)(H,41,44)(H,45,46). The summed E-state index contributed by atoms with van der Waals surface area (Å²) in [5.41, 5.74) is 6.14. The van der Waals surface area contributed by atoms with Crippen LogP contribution in [0.1, 0.15) is 106 Å². The summed E-state index contributed by atoms with van der Waals surface area (Å²) in [5.74, 6) is 0.335. The molecule has 1 amide bonds. The van der Waals surface area contributed by atoms with E-state index in [1.165, 1.54) is 18.4 Å². The molecule has 1 fully saturated rings. The van der Waals surface area contributed by atoms with Crippen LogP contribution in [0.2, 0.25) is 0 Å². The fraction of sp³-hybridized carbons (Fsp3) is 0.605. The molecule has 1 aromatic heterocycles. The van der Waals surface area contributed by atoms with E-state index in [1.807, 2.05) is 37.2 Å². The summed E-state index contributed by atoms with van der Waals surface area (Å²) in [4.78, 5) is 35.5. The van der Waals surface area contributed by atoms with Crippen LogP contribution in [0.25, 0.3) is 6.08 Å². The number of carbonyl (C=O) groups excluding carboxylic acids is 1. The third-order valence-corrected chi connectivity index (χ3v) is 10.1. The number of carbonyl (C=O) groups is 2. The first-order chi connectivity index (χ1) is 22.0. The molecule has 4 rings (SSSR count). The van der Waals surface area contributed by atoms with E-state index in [-0.39, 0.29) is 11.3 Å². The second kappa shape index (κ2) is 16.4. The first-order valence-electron chi connectivity index (χ1n) is 17.5. The van der Waals surface area contributed by atoms with Crippen LogP contribution in [0.15, 0.2) is 35.9 Å². The van der Waals surface area contributed by atoms with Crippen LogP contribution in [0.3, 0.4) is 0 Å². The Balaban J connectivity index is 1.43. The lowest BCUT2D eigenvalue weighted by atomic mass is 9.96. The Kier molecular flexibility index (Phi) is 12.7. The van der Waals surface area contributed by atoms with Gasteiger partial charge in [-0.25, -0.2) is 9.78 Å². The van der Waals surface area contributed by atoms with Gasteiger partial charge in [0.05, 0.1) is 0 Å². The molecule has 2 heterocycles. The number of rotatable bonds is 18. The molecule has 46 heavy (non-hydrogen) atoms. The topological polar surface area (TPSA) is 97.8 Å². The van der Waals surface area contributed by atoms with E-state index in [9.17, 15) is 14.7 Å². The number of allylic oxidation sites excluding steroid dienone is 1. The number of fused-ring (bicyclic) bond motifs is 1. The molecular weight excluding hydrogens is 574 g/mol. The quantitative estimate of drug-likeness (QED) is 0.162. The van der Waals surface area contributed by atoms with Crippen molar-refractivity contribution >= 4 is 29.5 Å². The number of carboxylic acid groups (broad SMARTS) is 1. The summed E-state index contributed by atoms with van der Waals surface area (Å²) in [6.07, 6.45) is 12.2. The van der Waals surface area contributed by atoms with Crippen LogP contribution in [-0.2, 0) is 17.6 Å². The minimum Gasteiger partial charge on any atom is -0.480 e. The summed E-state index contributed by atoms with van der Waals surface area (Å²) >= 11 is 0. The lowest BCUT2D eigenvalue weighted by Crippen LogP contribution is -2.44. The first-order valence-corrected chi connectivity index (χ1v) is 17.5. The minimum atomic E-state index is -0.992. The predicted molar refractivity (Wildman–Crippen MR) is 190 cm³/mol. The fourth-order valence-electron chi connectivity index (χ4n) is 6.36. The molecular formula is C38H57N5O3. The van der Waals surface area contributed by atoms with Gasteiger partial charge in [0.25, 0.3) is 5.91 Å². The second-order valence-corrected chi connectivity index (χ2v) is 14.0. The van der Waals surface area contributed by atoms with Crippen molar-refractivity contribution in [3.05, 3.63) is 58.3 Å². The number of hydrogen-bond donors (Lipinski definition) is 3. The molecule has 2 unspecified atom stereocenters. The number of nitrogens with one attached hydrogen (secondary N) is 2. The molecule has 3 N–H and O–H groups in total. The zero-order valence-electron chi connectivity index (χ0n) is 29.1. The van der Waals surface area contributed by atoms with E-state index in [0.29, 0.717) is 24.4 Å². The van der Waals surface area contributed by atoms with Gasteiger partial charge in [-0.2, -0.15) is 0 Å². The van der Waals surface area contributed by atoms with E-state index in [1.54, 1.807) is 6.07 Å². The monoisotopic (exact) mass is 631 g/mol. The number of carboxylic acids is 1. The van der Waals surface area contributed by atoms with Crippen molar-refractivity contribution in [2.45, 2.75) is 97.9 Å². The maximum atomic E-state index is 13.6. The smallest absolute Gasteiger partial charge is 0.326 e. The van der Waals surface area contributed by atoms with Gasteiger partial charge in [-0.3, -0.25) is 4.79 Å². The summed E-state index contributed by atoms with van der Waals surface area (Å²) in [5, 5.41) is 16.6. The van der Waals surface area contributed by atoms with Crippen molar-refractivity contribution < 1.29 is 14.7 Å². The number of amides is 1. The molecule has 0 bridgehead atoms. The van der Waals surface area contributed by atoms with E-state index < -0.39 is 12.0 Å². The highest BCUT2D eigenvalue weighted by atomic mass is 16.4. The number of aliphatic carboxylic acids is 1. The Morgan fingerprint density at radius 1 is 1.13 bits per heavy atom.